The molecule has 0 aromatic heterocycles. The monoisotopic (exact) mass is 373 g/mol. The van der Waals surface area contributed by atoms with Crippen molar-refractivity contribution in [2.45, 2.75) is 32.4 Å². The lowest BCUT2D eigenvalue weighted by Crippen LogP contribution is -2.39. The maximum atomic E-state index is 12.6. The van der Waals surface area contributed by atoms with Gasteiger partial charge in [0, 0.05) is 22.9 Å². The number of aliphatic hydroxyl groups is 1. The van der Waals surface area contributed by atoms with E-state index < -0.39 is 22.3 Å². The van der Waals surface area contributed by atoms with E-state index in [-0.39, 0.29) is 5.56 Å². The highest BCUT2D eigenvalue weighted by Gasteiger charge is 2.36. The molecule has 26 heavy (non-hydrogen) atoms. The summed E-state index contributed by atoms with van der Waals surface area (Å²) in [6, 6.07) is 8.52. The molecule has 1 aliphatic rings. The topological polar surface area (TPSA) is 83.9 Å². The molecule has 1 amide bonds. The number of carbonyl (C=O) groups is 1. The summed E-state index contributed by atoms with van der Waals surface area (Å²) >= 11 is 0. The van der Waals surface area contributed by atoms with Crippen molar-refractivity contribution in [1.82, 2.24) is 5.06 Å². The number of hydrogen-bond acceptors (Lipinski definition) is 5. The van der Waals surface area contributed by atoms with Crippen LogP contribution in [0.25, 0.3) is 10.8 Å². The summed E-state index contributed by atoms with van der Waals surface area (Å²) in [6.07, 6.45) is 2.17. The molecule has 2 aromatic carbocycles. The first-order valence-electron chi connectivity index (χ1n) is 8.29. The van der Waals surface area contributed by atoms with Gasteiger partial charge in [0.25, 0.3) is 16.0 Å². The molecular weight excluding hydrogens is 354 g/mol. The fourth-order valence-corrected chi connectivity index (χ4v) is 3.38. The van der Waals surface area contributed by atoms with Crippen LogP contribution in [0.4, 0.5) is 0 Å². The van der Waals surface area contributed by atoms with Gasteiger partial charge in [0.05, 0.1) is 11.8 Å². The Labute approximate surface area is 152 Å². The Balaban J connectivity index is 2.12. The highest BCUT2D eigenvalue weighted by molar-refractivity contribution is 7.85. The first kappa shape index (κ1) is 18.4. The van der Waals surface area contributed by atoms with Gasteiger partial charge in [-0.15, -0.1) is 4.28 Å². The summed E-state index contributed by atoms with van der Waals surface area (Å²) in [7, 11) is -3.96. The third-order valence-corrected chi connectivity index (χ3v) is 4.53. The molecule has 1 atom stereocenters. The molecule has 0 bridgehead atoms. The summed E-state index contributed by atoms with van der Waals surface area (Å²) in [6.45, 7) is 2.10. The van der Waals surface area contributed by atoms with Gasteiger partial charge in [-0.3, -0.25) is 4.79 Å². The fourth-order valence-electron chi connectivity index (χ4n) is 2.94. The first-order chi connectivity index (χ1) is 12.3. The molecule has 6 nitrogen and oxygen atoms in total. The van der Waals surface area contributed by atoms with Gasteiger partial charge in [-0.1, -0.05) is 43.4 Å². The van der Waals surface area contributed by atoms with Crippen LogP contribution in [-0.4, -0.2) is 30.8 Å². The van der Waals surface area contributed by atoms with E-state index in [1.165, 1.54) is 0 Å². The first-order valence-corrected chi connectivity index (χ1v) is 10.1. The van der Waals surface area contributed by atoms with Crippen molar-refractivity contribution in [1.29, 1.82) is 0 Å². The van der Waals surface area contributed by atoms with Crippen LogP contribution in [0.5, 0.6) is 0 Å². The van der Waals surface area contributed by atoms with Gasteiger partial charge in [0.2, 0.25) is 0 Å². The number of hydroxylamine groups is 2. The quantitative estimate of drug-likeness (QED) is 0.658. The number of carbonyl (C=O) groups excluding carboxylic acids is 1. The second-order valence-electron chi connectivity index (χ2n) is 6.12. The number of amides is 1. The van der Waals surface area contributed by atoms with Crippen LogP contribution in [0, 0.1) is 11.8 Å². The maximum Gasteiger partial charge on any atom is 0.285 e. The highest BCUT2D eigenvalue weighted by atomic mass is 32.2. The van der Waals surface area contributed by atoms with Gasteiger partial charge in [-0.2, -0.15) is 13.5 Å². The third kappa shape index (κ3) is 3.44. The molecule has 2 aromatic rings. The molecule has 0 fully saturated rings. The van der Waals surface area contributed by atoms with Crippen LogP contribution in [-0.2, 0) is 14.4 Å². The van der Waals surface area contributed by atoms with Gasteiger partial charge < -0.3 is 5.11 Å². The van der Waals surface area contributed by atoms with Gasteiger partial charge in [0.15, 0.2) is 6.23 Å². The smallest absolute Gasteiger partial charge is 0.285 e. The molecule has 0 aliphatic carbocycles. The summed E-state index contributed by atoms with van der Waals surface area (Å²) in [5.74, 6) is 5.53. The predicted octanol–water partition coefficient (Wildman–Crippen LogP) is 2.72. The fraction of sp³-hybridized carbons (Fsp3) is 0.316. The van der Waals surface area contributed by atoms with Crippen LogP contribution >= 0.6 is 0 Å². The van der Waals surface area contributed by atoms with Crippen LogP contribution in [0.15, 0.2) is 30.3 Å². The lowest BCUT2D eigenvalue weighted by Gasteiger charge is -2.31. The molecule has 7 heteroatoms. The van der Waals surface area contributed by atoms with E-state index in [1.807, 2.05) is 6.07 Å². The van der Waals surface area contributed by atoms with Crippen molar-refractivity contribution in [3.8, 4) is 11.8 Å². The minimum atomic E-state index is -3.96. The maximum absolute atomic E-state index is 12.6. The Morgan fingerprint density at radius 3 is 2.73 bits per heavy atom. The van der Waals surface area contributed by atoms with Gasteiger partial charge in [-0.05, 0) is 23.9 Å². The van der Waals surface area contributed by atoms with Crippen LogP contribution in [0.1, 0.15) is 53.9 Å². The number of hydrogen-bond donors (Lipinski definition) is 1. The third-order valence-electron chi connectivity index (χ3n) is 4.10. The minimum absolute atomic E-state index is 0.267. The highest BCUT2D eigenvalue weighted by Crippen LogP contribution is 2.37. The number of aliphatic hydroxyl groups excluding tert-OH is 1. The SMILES string of the molecule is CCCCC#Cc1ccc2c3c(cccc13)C(=O)N(OS(C)(=O)=O)C2O. The molecule has 3 rings (SSSR count). The minimum Gasteiger partial charge on any atom is -0.367 e. The normalized spacial score (nSPS) is 16.5. The molecule has 0 spiro atoms. The molecule has 0 saturated heterocycles. The lowest BCUT2D eigenvalue weighted by molar-refractivity contribution is -0.135. The summed E-state index contributed by atoms with van der Waals surface area (Å²) in [4.78, 5) is 12.6. The number of unbranched alkanes of at least 4 members (excludes halogenated alkanes) is 2. The van der Waals surface area contributed by atoms with E-state index in [1.54, 1.807) is 24.3 Å². The van der Waals surface area contributed by atoms with Crippen molar-refractivity contribution in [3.63, 3.8) is 0 Å². The Hall–Kier alpha value is -2.40. The Bertz CT molecular complexity index is 1030. The van der Waals surface area contributed by atoms with Gasteiger partial charge >= 0.3 is 0 Å². The zero-order chi connectivity index (χ0) is 18.9. The zero-order valence-electron chi connectivity index (χ0n) is 14.5. The molecule has 1 aliphatic heterocycles. The van der Waals surface area contributed by atoms with Crippen molar-refractivity contribution in [3.05, 3.63) is 47.0 Å². The van der Waals surface area contributed by atoms with Gasteiger partial charge in [0.1, 0.15) is 0 Å². The average Bonchev–Trinajstić information content (AvgIpc) is 2.60. The largest absolute Gasteiger partial charge is 0.367 e. The summed E-state index contributed by atoms with van der Waals surface area (Å²) in [5.41, 5.74) is 1.43. The van der Waals surface area contributed by atoms with Crippen molar-refractivity contribution in [2.24, 2.45) is 0 Å². The van der Waals surface area contributed by atoms with Crippen LogP contribution in [0.2, 0.25) is 0 Å². The van der Waals surface area contributed by atoms with Gasteiger partial charge in [-0.25, -0.2) is 0 Å². The van der Waals surface area contributed by atoms with Crippen molar-refractivity contribution in [2.75, 3.05) is 6.26 Å². The average molecular weight is 373 g/mol. The molecule has 1 heterocycles. The Morgan fingerprint density at radius 1 is 1.27 bits per heavy atom. The molecule has 0 radical (unpaired) electrons. The van der Waals surface area contributed by atoms with E-state index in [2.05, 4.69) is 18.8 Å². The molecule has 1 N–H and O–H groups in total. The van der Waals surface area contributed by atoms with E-state index in [0.29, 0.717) is 16.0 Å². The molecular formula is C19H19NO5S. The molecule has 0 saturated carbocycles. The van der Waals surface area contributed by atoms with Crippen molar-refractivity contribution < 1.29 is 22.6 Å². The molecule has 1 unspecified atom stereocenters. The summed E-state index contributed by atoms with van der Waals surface area (Å²) < 4.78 is 27.5. The standard InChI is InChI=1S/C19H19NO5S/c1-3-4-5-6-8-13-11-12-16-17-14(13)9-7-10-15(17)18(21)20(19(16)22)25-26(2,23)24/h7,9-12,19,22H,3-5H2,1-2H3. The number of rotatable bonds is 4. The second-order valence-corrected chi connectivity index (χ2v) is 7.68. The van der Waals surface area contributed by atoms with E-state index >= 15 is 0 Å². The van der Waals surface area contributed by atoms with E-state index in [9.17, 15) is 18.3 Å². The Morgan fingerprint density at radius 2 is 2.04 bits per heavy atom. The van der Waals surface area contributed by atoms with E-state index in [4.69, 9.17) is 4.28 Å². The van der Waals surface area contributed by atoms with Crippen molar-refractivity contribution >= 4 is 26.8 Å². The Kier molecular flexibility index (Phi) is 5.01. The number of nitrogens with zero attached hydrogens (tertiary/aromatic N) is 1. The van der Waals surface area contributed by atoms with Crippen LogP contribution in [0.3, 0.4) is 0 Å². The lowest BCUT2D eigenvalue weighted by atomic mass is 9.91. The predicted molar refractivity (Wildman–Crippen MR) is 97.4 cm³/mol. The zero-order valence-corrected chi connectivity index (χ0v) is 15.3. The van der Waals surface area contributed by atoms with Crippen LogP contribution < -0.4 is 0 Å². The molecule has 136 valence electrons. The number of benzene rings is 2. The van der Waals surface area contributed by atoms with E-state index in [0.717, 1.165) is 36.5 Å². The second kappa shape index (κ2) is 7.08. The summed E-state index contributed by atoms with van der Waals surface area (Å²) in [5, 5.41) is 12.3.